The number of nitrogens with one attached hydrogen (secondary N) is 5. The Kier molecular flexibility index (Phi) is 24.6. The summed E-state index contributed by atoms with van der Waals surface area (Å²) in [6, 6.07) is 34.2. The van der Waals surface area contributed by atoms with Gasteiger partial charge in [0.05, 0.1) is 6.04 Å². The van der Waals surface area contributed by atoms with Crippen molar-refractivity contribution in [2.24, 2.45) is 5.92 Å². The van der Waals surface area contributed by atoms with Crippen LogP contribution in [0.1, 0.15) is 86.5 Å². The SMILES string of the molecule is O=C(NCCCC[C@H](CC(=O)[C@H](CCCCNC(=O)OCc1ccccc1)NC(=O)OCc1ccccc1)C(=O)N[C@@H](CCCCNC(=O)OCc1ccccc1)C(=O)O)OCc1ccccc1. The molecule has 0 aliphatic carbocycles. The fourth-order valence-electron chi connectivity index (χ4n) is 6.84. The second kappa shape index (κ2) is 31.5. The van der Waals surface area contributed by atoms with Crippen LogP contribution in [0, 0.1) is 5.92 Å². The van der Waals surface area contributed by atoms with Crippen LogP contribution in [-0.4, -0.2) is 78.9 Å². The van der Waals surface area contributed by atoms with E-state index in [1.165, 1.54) is 0 Å². The second-order valence-electron chi connectivity index (χ2n) is 16.0. The van der Waals surface area contributed by atoms with E-state index in [0.29, 0.717) is 38.5 Å². The maximum Gasteiger partial charge on any atom is 0.408 e. The van der Waals surface area contributed by atoms with Crippen LogP contribution in [0.2, 0.25) is 0 Å². The van der Waals surface area contributed by atoms with E-state index in [-0.39, 0.29) is 71.7 Å². The van der Waals surface area contributed by atoms with Crippen LogP contribution in [0.25, 0.3) is 0 Å². The summed E-state index contributed by atoms with van der Waals surface area (Å²) in [6.45, 7) is 0.906. The predicted octanol–water partition coefficient (Wildman–Crippen LogP) is 7.72. The largest absolute Gasteiger partial charge is 0.480 e. The number of rotatable bonds is 30. The van der Waals surface area contributed by atoms with Gasteiger partial charge in [0.25, 0.3) is 0 Å². The lowest BCUT2D eigenvalue weighted by Gasteiger charge is -2.23. The molecule has 68 heavy (non-hydrogen) atoms. The minimum absolute atomic E-state index is 0.0444. The number of carbonyl (C=O) groups excluding carboxylic acids is 6. The van der Waals surface area contributed by atoms with Gasteiger partial charge in [0.2, 0.25) is 5.91 Å². The van der Waals surface area contributed by atoms with Crippen LogP contribution < -0.4 is 26.6 Å². The first-order valence-electron chi connectivity index (χ1n) is 22.9. The summed E-state index contributed by atoms with van der Waals surface area (Å²) in [5, 5.41) is 23.3. The van der Waals surface area contributed by atoms with Crippen molar-refractivity contribution in [2.75, 3.05) is 19.6 Å². The van der Waals surface area contributed by atoms with Crippen molar-refractivity contribution in [3.63, 3.8) is 0 Å². The maximum absolute atomic E-state index is 14.1. The zero-order valence-electron chi connectivity index (χ0n) is 38.2. The third kappa shape index (κ3) is 22.7. The van der Waals surface area contributed by atoms with Gasteiger partial charge in [-0.3, -0.25) is 9.59 Å². The molecule has 0 fully saturated rings. The predicted molar refractivity (Wildman–Crippen MR) is 252 cm³/mol. The topological polar surface area (TPSA) is 237 Å². The number of carboxylic acid groups (broad SMARTS) is 1. The molecule has 0 saturated heterocycles. The van der Waals surface area contributed by atoms with Gasteiger partial charge in [-0.2, -0.15) is 0 Å². The van der Waals surface area contributed by atoms with Crippen LogP contribution in [0.5, 0.6) is 0 Å². The number of hydrogen-bond acceptors (Lipinski definition) is 11. The average Bonchev–Trinajstić information content (AvgIpc) is 3.35. The molecule has 0 bridgehead atoms. The minimum Gasteiger partial charge on any atom is -0.480 e. The van der Waals surface area contributed by atoms with Gasteiger partial charge in [0, 0.05) is 32.0 Å². The molecule has 0 saturated carbocycles. The van der Waals surface area contributed by atoms with Crippen LogP contribution in [0.3, 0.4) is 0 Å². The fraction of sp³-hybridized carbons (Fsp3) is 0.392. The monoisotopic (exact) mass is 937 g/mol. The number of unbranched alkanes of at least 4 members (excludes halogenated alkanes) is 3. The van der Waals surface area contributed by atoms with Crippen molar-refractivity contribution in [2.45, 2.75) is 103 Å². The van der Waals surface area contributed by atoms with Gasteiger partial charge in [-0.05, 0) is 73.6 Å². The number of benzene rings is 4. The molecule has 4 aromatic rings. The standard InChI is InChI=1S/C51H63N5O12/c57-45(43(56-51(64)68-37-41-25-11-4-12-26-41)28-14-17-31-53-49(62)66-35-39-21-7-2-8-22-39)33-42(27-13-16-30-52-48(61)65-34-38-19-5-1-6-20-38)46(58)55-44(47(59)60)29-15-18-32-54-50(63)67-36-40-23-9-3-10-24-40/h1-12,19-26,42-44H,13-18,27-37H2,(H,52,61)(H,53,62)(H,54,63)(H,55,58)(H,56,64)(H,59,60)/t42-,43+,44+/m1/s1. The van der Waals surface area contributed by atoms with E-state index in [1.54, 1.807) is 24.3 Å². The number of hydrogen-bond donors (Lipinski definition) is 6. The zero-order valence-corrected chi connectivity index (χ0v) is 38.2. The lowest BCUT2D eigenvalue weighted by molar-refractivity contribution is -0.143. The lowest BCUT2D eigenvalue weighted by Crippen LogP contribution is -2.46. The zero-order chi connectivity index (χ0) is 48.6. The first-order valence-corrected chi connectivity index (χ1v) is 22.9. The average molecular weight is 938 g/mol. The summed E-state index contributed by atoms with van der Waals surface area (Å²) in [6.07, 6.45) is -0.329. The van der Waals surface area contributed by atoms with Gasteiger partial charge in [-0.15, -0.1) is 0 Å². The van der Waals surface area contributed by atoms with Crippen molar-refractivity contribution in [3.05, 3.63) is 144 Å². The third-order valence-corrected chi connectivity index (χ3v) is 10.6. The van der Waals surface area contributed by atoms with E-state index in [2.05, 4.69) is 26.6 Å². The second-order valence-corrected chi connectivity index (χ2v) is 16.0. The molecule has 3 atom stereocenters. The molecule has 17 heteroatoms. The summed E-state index contributed by atoms with van der Waals surface area (Å²) in [5.41, 5.74) is 3.22. The molecule has 0 aliphatic heterocycles. The number of Topliss-reactive ketones (excluding diaryl/α,β-unsaturated/α-hetero) is 1. The van der Waals surface area contributed by atoms with Gasteiger partial charge < -0.3 is 50.6 Å². The number of carboxylic acids is 1. The van der Waals surface area contributed by atoms with Crippen LogP contribution in [0.15, 0.2) is 121 Å². The summed E-state index contributed by atoms with van der Waals surface area (Å²) in [5.74, 6) is -3.40. The number of aliphatic carboxylic acids is 1. The summed E-state index contributed by atoms with van der Waals surface area (Å²) in [7, 11) is 0. The Morgan fingerprint density at radius 3 is 1.12 bits per heavy atom. The number of ether oxygens (including phenoxy) is 4. The molecule has 6 N–H and O–H groups in total. The summed E-state index contributed by atoms with van der Waals surface area (Å²) >= 11 is 0. The van der Waals surface area contributed by atoms with E-state index in [9.17, 15) is 38.7 Å². The van der Waals surface area contributed by atoms with E-state index < -0.39 is 60.0 Å². The Bertz CT molecular complexity index is 2130. The highest BCUT2D eigenvalue weighted by atomic mass is 16.6. The van der Waals surface area contributed by atoms with Crippen LogP contribution in [-0.2, 0) is 59.8 Å². The maximum atomic E-state index is 14.1. The van der Waals surface area contributed by atoms with Gasteiger partial charge in [0.15, 0.2) is 5.78 Å². The molecule has 4 rings (SSSR count). The van der Waals surface area contributed by atoms with Gasteiger partial charge >= 0.3 is 30.3 Å². The highest BCUT2D eigenvalue weighted by molar-refractivity contribution is 5.92. The highest BCUT2D eigenvalue weighted by Gasteiger charge is 2.30. The first kappa shape index (κ1) is 53.2. The fourth-order valence-corrected chi connectivity index (χ4v) is 6.84. The van der Waals surface area contributed by atoms with Crippen molar-refractivity contribution < 1.29 is 57.6 Å². The van der Waals surface area contributed by atoms with Gasteiger partial charge in [-0.1, -0.05) is 128 Å². The molecule has 17 nitrogen and oxygen atoms in total. The Balaban J connectivity index is 1.34. The van der Waals surface area contributed by atoms with Crippen LogP contribution in [0.4, 0.5) is 19.2 Å². The molecule has 0 heterocycles. The van der Waals surface area contributed by atoms with Gasteiger partial charge in [-0.25, -0.2) is 24.0 Å². The van der Waals surface area contributed by atoms with Crippen LogP contribution >= 0.6 is 0 Å². The molecule has 0 radical (unpaired) electrons. The van der Waals surface area contributed by atoms with E-state index in [0.717, 1.165) is 22.3 Å². The number of amides is 5. The Morgan fingerprint density at radius 1 is 0.412 bits per heavy atom. The molecule has 5 amide bonds. The molecular formula is C51H63N5O12. The molecular weight excluding hydrogens is 875 g/mol. The molecule has 4 aromatic carbocycles. The minimum atomic E-state index is -1.29. The normalized spacial score (nSPS) is 11.9. The first-order chi connectivity index (χ1) is 33.0. The molecule has 0 spiro atoms. The quantitative estimate of drug-likeness (QED) is 0.0218. The van der Waals surface area contributed by atoms with E-state index >= 15 is 0 Å². The van der Waals surface area contributed by atoms with Crippen molar-refractivity contribution >= 4 is 42.0 Å². The van der Waals surface area contributed by atoms with Gasteiger partial charge in [0.1, 0.15) is 32.5 Å². The summed E-state index contributed by atoms with van der Waals surface area (Å²) in [4.78, 5) is 90.2. The molecule has 364 valence electrons. The van der Waals surface area contributed by atoms with Crippen molar-refractivity contribution in [3.8, 4) is 0 Å². The molecule has 0 unspecified atom stereocenters. The highest BCUT2D eigenvalue weighted by Crippen LogP contribution is 2.18. The van der Waals surface area contributed by atoms with E-state index in [1.807, 2.05) is 97.1 Å². The number of alkyl carbamates (subject to hydrolysis) is 4. The van der Waals surface area contributed by atoms with E-state index in [4.69, 9.17) is 18.9 Å². The Morgan fingerprint density at radius 2 is 0.750 bits per heavy atom. The molecule has 0 aromatic heterocycles. The Labute approximate surface area is 397 Å². The smallest absolute Gasteiger partial charge is 0.408 e. The van der Waals surface area contributed by atoms with Crippen molar-refractivity contribution in [1.29, 1.82) is 0 Å². The summed E-state index contributed by atoms with van der Waals surface area (Å²) < 4.78 is 21.2. The third-order valence-electron chi connectivity index (χ3n) is 10.6. The molecule has 0 aliphatic rings. The number of carbonyl (C=O) groups is 7. The lowest BCUT2D eigenvalue weighted by atomic mass is 9.90. The Hall–Kier alpha value is -7.43. The van der Waals surface area contributed by atoms with Crippen molar-refractivity contribution in [1.82, 2.24) is 26.6 Å². The number of ketones is 1.